The first-order chi connectivity index (χ1) is 11.2. The summed E-state index contributed by atoms with van der Waals surface area (Å²) in [6.07, 6.45) is 6.44. The van der Waals surface area contributed by atoms with Crippen molar-refractivity contribution in [1.29, 1.82) is 0 Å². The van der Waals surface area contributed by atoms with Crippen LogP contribution in [0.5, 0.6) is 0 Å². The normalized spacial score (nSPS) is 18.3. The Morgan fingerprint density at radius 3 is 3.00 bits per heavy atom. The first kappa shape index (κ1) is 15.8. The monoisotopic (exact) mass is 316 g/mol. The van der Waals surface area contributed by atoms with Gasteiger partial charge in [0, 0.05) is 45.0 Å². The summed E-state index contributed by atoms with van der Waals surface area (Å²) >= 11 is 0. The summed E-state index contributed by atoms with van der Waals surface area (Å²) in [5.74, 6) is 2.53. The Bertz CT molecular complexity index is 707. The molecule has 1 atom stereocenters. The largest absolute Gasteiger partial charge is 0.465 e. The second-order valence-corrected chi connectivity index (χ2v) is 6.05. The molecule has 1 aliphatic rings. The fourth-order valence-corrected chi connectivity index (χ4v) is 2.99. The van der Waals surface area contributed by atoms with Gasteiger partial charge in [0.25, 0.3) is 5.56 Å². The third kappa shape index (κ3) is 3.64. The van der Waals surface area contributed by atoms with E-state index in [4.69, 9.17) is 4.42 Å². The van der Waals surface area contributed by atoms with Crippen molar-refractivity contribution < 1.29 is 4.42 Å². The highest BCUT2D eigenvalue weighted by Gasteiger charge is 2.22. The lowest BCUT2D eigenvalue weighted by molar-refractivity contribution is 0.386. The molecule has 0 aliphatic carbocycles. The molecular weight excluding hydrogens is 292 g/mol. The molecule has 3 heterocycles. The van der Waals surface area contributed by atoms with Crippen LogP contribution in [0.3, 0.4) is 0 Å². The van der Waals surface area contributed by atoms with Crippen molar-refractivity contribution in [1.82, 2.24) is 14.9 Å². The lowest BCUT2D eigenvalue weighted by atomic mass is 10.1. The first-order valence-electron chi connectivity index (χ1n) is 8.25. The highest BCUT2D eigenvalue weighted by atomic mass is 16.3. The molecule has 0 bridgehead atoms. The molecule has 0 aromatic carbocycles. The SMILES string of the molecule is CCc1ccc(CN[C@H]2CCCN(c3nccn(C)c3=O)C2)o1. The van der Waals surface area contributed by atoms with E-state index in [9.17, 15) is 4.79 Å². The van der Waals surface area contributed by atoms with Crippen molar-refractivity contribution in [2.75, 3.05) is 18.0 Å². The van der Waals surface area contributed by atoms with Crippen LogP contribution in [-0.2, 0) is 20.0 Å². The molecule has 2 aromatic heterocycles. The van der Waals surface area contributed by atoms with Gasteiger partial charge in [0.2, 0.25) is 0 Å². The zero-order chi connectivity index (χ0) is 16.2. The lowest BCUT2D eigenvalue weighted by Crippen LogP contribution is -2.47. The van der Waals surface area contributed by atoms with Gasteiger partial charge in [-0.3, -0.25) is 4.79 Å². The second-order valence-electron chi connectivity index (χ2n) is 6.05. The fourth-order valence-electron chi connectivity index (χ4n) is 2.99. The van der Waals surface area contributed by atoms with Gasteiger partial charge >= 0.3 is 0 Å². The highest BCUT2D eigenvalue weighted by molar-refractivity contribution is 5.36. The van der Waals surface area contributed by atoms with Crippen molar-refractivity contribution in [2.24, 2.45) is 7.05 Å². The van der Waals surface area contributed by atoms with E-state index in [0.29, 0.717) is 11.9 Å². The van der Waals surface area contributed by atoms with Crippen LogP contribution in [-0.4, -0.2) is 28.7 Å². The Hall–Kier alpha value is -2.08. The molecule has 0 unspecified atom stereocenters. The Kier molecular flexibility index (Phi) is 4.81. The van der Waals surface area contributed by atoms with Gasteiger partial charge in [-0.05, 0) is 25.0 Å². The molecule has 0 amide bonds. The number of rotatable bonds is 5. The molecule has 6 heteroatoms. The third-order valence-electron chi connectivity index (χ3n) is 4.35. The van der Waals surface area contributed by atoms with Gasteiger partial charge in [0.05, 0.1) is 6.54 Å². The maximum atomic E-state index is 12.2. The summed E-state index contributed by atoms with van der Waals surface area (Å²) in [5.41, 5.74) is -0.0354. The van der Waals surface area contributed by atoms with E-state index in [0.717, 1.165) is 50.4 Å². The molecular formula is C17H24N4O2. The van der Waals surface area contributed by atoms with E-state index in [-0.39, 0.29) is 5.56 Å². The van der Waals surface area contributed by atoms with Crippen LogP contribution in [0.2, 0.25) is 0 Å². The van der Waals surface area contributed by atoms with Crippen molar-refractivity contribution in [3.05, 3.63) is 46.4 Å². The molecule has 1 aliphatic heterocycles. The highest BCUT2D eigenvalue weighted by Crippen LogP contribution is 2.15. The molecule has 0 saturated carbocycles. The van der Waals surface area contributed by atoms with Gasteiger partial charge in [-0.25, -0.2) is 4.98 Å². The average molecular weight is 316 g/mol. The standard InChI is InChI=1S/C17H24N4O2/c1-3-14-6-7-15(23-14)11-19-13-5-4-9-21(12-13)16-17(22)20(2)10-8-18-16/h6-8,10,13,19H,3-5,9,11-12H2,1-2H3/t13-/m0/s1. The molecule has 0 spiro atoms. The number of aromatic nitrogens is 2. The maximum Gasteiger partial charge on any atom is 0.293 e. The summed E-state index contributed by atoms with van der Waals surface area (Å²) in [5, 5.41) is 3.54. The predicted octanol–water partition coefficient (Wildman–Crippen LogP) is 1.69. The number of nitrogens with one attached hydrogen (secondary N) is 1. The quantitative estimate of drug-likeness (QED) is 0.909. The number of anilines is 1. The first-order valence-corrected chi connectivity index (χ1v) is 8.25. The summed E-state index contributed by atoms with van der Waals surface area (Å²) in [7, 11) is 1.76. The van der Waals surface area contributed by atoms with Crippen LogP contribution in [0.4, 0.5) is 5.82 Å². The van der Waals surface area contributed by atoms with E-state index in [1.165, 1.54) is 0 Å². The summed E-state index contributed by atoms with van der Waals surface area (Å²) in [6.45, 7) is 4.49. The number of hydrogen-bond acceptors (Lipinski definition) is 5. The maximum absolute atomic E-state index is 12.2. The number of furan rings is 1. The van der Waals surface area contributed by atoms with Gasteiger partial charge < -0.3 is 19.2 Å². The van der Waals surface area contributed by atoms with E-state index in [2.05, 4.69) is 22.1 Å². The van der Waals surface area contributed by atoms with Gasteiger partial charge in [-0.2, -0.15) is 0 Å². The minimum atomic E-state index is -0.0354. The topological polar surface area (TPSA) is 63.3 Å². The molecule has 124 valence electrons. The molecule has 2 aromatic rings. The number of nitrogens with zero attached hydrogens (tertiary/aromatic N) is 3. The van der Waals surface area contributed by atoms with E-state index in [1.807, 2.05) is 12.1 Å². The average Bonchev–Trinajstić information content (AvgIpc) is 3.04. The van der Waals surface area contributed by atoms with Crippen LogP contribution in [0.1, 0.15) is 31.3 Å². The molecule has 1 N–H and O–H groups in total. The summed E-state index contributed by atoms with van der Waals surface area (Å²) < 4.78 is 7.31. The van der Waals surface area contributed by atoms with Gasteiger partial charge in [-0.15, -0.1) is 0 Å². The third-order valence-corrected chi connectivity index (χ3v) is 4.35. The van der Waals surface area contributed by atoms with Gasteiger partial charge in [0.1, 0.15) is 11.5 Å². The minimum Gasteiger partial charge on any atom is -0.465 e. The lowest BCUT2D eigenvalue weighted by Gasteiger charge is -2.33. The van der Waals surface area contributed by atoms with Crippen LogP contribution >= 0.6 is 0 Å². The van der Waals surface area contributed by atoms with Crippen LogP contribution in [0.15, 0.2) is 33.7 Å². The smallest absolute Gasteiger partial charge is 0.293 e. The predicted molar refractivity (Wildman–Crippen MR) is 89.6 cm³/mol. The van der Waals surface area contributed by atoms with Crippen molar-refractivity contribution in [3.63, 3.8) is 0 Å². The number of aryl methyl sites for hydroxylation is 2. The Balaban J connectivity index is 1.62. The Morgan fingerprint density at radius 1 is 1.39 bits per heavy atom. The minimum absolute atomic E-state index is 0.0354. The van der Waals surface area contributed by atoms with Crippen LogP contribution in [0, 0.1) is 0 Å². The fraction of sp³-hybridized carbons (Fsp3) is 0.529. The zero-order valence-electron chi connectivity index (χ0n) is 13.8. The Morgan fingerprint density at radius 2 is 2.22 bits per heavy atom. The second kappa shape index (κ2) is 7.00. The van der Waals surface area contributed by atoms with E-state index >= 15 is 0 Å². The van der Waals surface area contributed by atoms with Crippen LogP contribution < -0.4 is 15.8 Å². The van der Waals surface area contributed by atoms with Gasteiger partial charge in [-0.1, -0.05) is 6.92 Å². The Labute approximate surface area is 136 Å². The van der Waals surface area contributed by atoms with Gasteiger partial charge in [0.15, 0.2) is 5.82 Å². The molecule has 1 saturated heterocycles. The number of hydrogen-bond donors (Lipinski definition) is 1. The van der Waals surface area contributed by atoms with E-state index in [1.54, 1.807) is 24.0 Å². The summed E-state index contributed by atoms with van der Waals surface area (Å²) in [6, 6.07) is 4.40. The molecule has 0 radical (unpaired) electrons. The molecule has 6 nitrogen and oxygen atoms in total. The molecule has 23 heavy (non-hydrogen) atoms. The van der Waals surface area contributed by atoms with Crippen molar-refractivity contribution in [2.45, 2.75) is 38.8 Å². The van der Waals surface area contributed by atoms with Crippen molar-refractivity contribution >= 4 is 5.82 Å². The van der Waals surface area contributed by atoms with Crippen LogP contribution in [0.25, 0.3) is 0 Å². The van der Waals surface area contributed by atoms with Crippen molar-refractivity contribution in [3.8, 4) is 0 Å². The molecule has 3 rings (SSSR count). The zero-order valence-corrected chi connectivity index (χ0v) is 13.8. The molecule has 1 fully saturated rings. The summed E-state index contributed by atoms with van der Waals surface area (Å²) in [4.78, 5) is 18.6. The van der Waals surface area contributed by atoms with E-state index < -0.39 is 0 Å². The number of piperidine rings is 1.